The molecule has 0 bridgehead atoms. The Hall–Kier alpha value is -1.60. The molecule has 0 aromatic heterocycles. The lowest BCUT2D eigenvalue weighted by Crippen LogP contribution is -2.47. The first-order valence-electron chi connectivity index (χ1n) is 8.74. The van der Waals surface area contributed by atoms with Gasteiger partial charge >= 0.3 is 0 Å². The van der Waals surface area contributed by atoms with Crippen LogP contribution in [0.15, 0.2) is 23.1 Å². The van der Waals surface area contributed by atoms with E-state index in [1.165, 1.54) is 11.4 Å². The standard InChI is InChI=1S/C18H28N2O4S/c1-5-14(3)19-18(21)15-7-6-10-20(12-15)25(22,23)17-11-13(2)8-9-16(17)24-4/h8-9,11,14-15H,5-7,10,12H2,1-4H3,(H,19,21)/t14-,15-/m1/s1. The Morgan fingerprint density at radius 3 is 2.80 bits per heavy atom. The minimum Gasteiger partial charge on any atom is -0.495 e. The van der Waals surface area contributed by atoms with E-state index in [1.807, 2.05) is 26.8 Å². The van der Waals surface area contributed by atoms with Crippen molar-refractivity contribution in [3.8, 4) is 5.75 Å². The monoisotopic (exact) mass is 368 g/mol. The van der Waals surface area contributed by atoms with Crippen molar-refractivity contribution in [2.24, 2.45) is 5.92 Å². The molecular weight excluding hydrogens is 340 g/mol. The molecule has 0 radical (unpaired) electrons. The maximum atomic E-state index is 13.1. The fraction of sp³-hybridized carbons (Fsp3) is 0.611. The molecule has 1 N–H and O–H groups in total. The molecule has 1 aromatic carbocycles. The van der Waals surface area contributed by atoms with Crippen molar-refractivity contribution in [1.82, 2.24) is 9.62 Å². The average molecular weight is 368 g/mol. The Bertz CT molecular complexity index is 718. The summed E-state index contributed by atoms with van der Waals surface area (Å²) >= 11 is 0. The molecule has 1 aliphatic rings. The molecule has 0 unspecified atom stereocenters. The Morgan fingerprint density at radius 1 is 1.44 bits per heavy atom. The second-order valence-corrected chi connectivity index (χ2v) is 8.58. The number of benzene rings is 1. The Morgan fingerprint density at radius 2 is 2.16 bits per heavy atom. The van der Waals surface area contributed by atoms with E-state index in [-0.39, 0.29) is 29.3 Å². The zero-order chi connectivity index (χ0) is 18.6. The van der Waals surface area contributed by atoms with Gasteiger partial charge in [-0.2, -0.15) is 4.31 Å². The van der Waals surface area contributed by atoms with E-state index < -0.39 is 10.0 Å². The van der Waals surface area contributed by atoms with Crippen molar-refractivity contribution in [3.05, 3.63) is 23.8 Å². The van der Waals surface area contributed by atoms with Crippen molar-refractivity contribution >= 4 is 15.9 Å². The average Bonchev–Trinajstić information content (AvgIpc) is 2.61. The number of methoxy groups -OCH3 is 1. The van der Waals surface area contributed by atoms with Gasteiger partial charge in [-0.15, -0.1) is 0 Å². The molecule has 7 heteroatoms. The summed E-state index contributed by atoms with van der Waals surface area (Å²) in [5, 5.41) is 2.96. The minimum atomic E-state index is -3.70. The lowest BCUT2D eigenvalue weighted by Gasteiger charge is -2.32. The number of nitrogens with one attached hydrogen (secondary N) is 1. The molecule has 1 heterocycles. The SMILES string of the molecule is CC[C@@H](C)NC(=O)[C@@H]1CCCN(S(=O)(=O)c2cc(C)ccc2OC)C1. The molecule has 0 aliphatic carbocycles. The Kier molecular flexibility index (Phi) is 6.46. The van der Waals surface area contributed by atoms with Gasteiger partial charge in [-0.3, -0.25) is 4.79 Å². The molecule has 2 rings (SSSR count). The molecule has 1 saturated heterocycles. The molecule has 140 valence electrons. The molecule has 1 aliphatic heterocycles. The third kappa shape index (κ3) is 4.52. The highest BCUT2D eigenvalue weighted by Gasteiger charge is 2.35. The summed E-state index contributed by atoms with van der Waals surface area (Å²) < 4.78 is 32.8. The molecule has 25 heavy (non-hydrogen) atoms. The van der Waals surface area contributed by atoms with Crippen LogP contribution >= 0.6 is 0 Å². The zero-order valence-electron chi connectivity index (χ0n) is 15.4. The molecule has 0 spiro atoms. The van der Waals surface area contributed by atoms with E-state index in [0.717, 1.165) is 12.0 Å². The highest BCUT2D eigenvalue weighted by atomic mass is 32.2. The lowest BCUT2D eigenvalue weighted by molar-refractivity contribution is -0.126. The maximum absolute atomic E-state index is 13.1. The number of piperidine rings is 1. The smallest absolute Gasteiger partial charge is 0.246 e. The molecular formula is C18H28N2O4S. The van der Waals surface area contributed by atoms with Crippen LogP contribution in [0.25, 0.3) is 0 Å². The van der Waals surface area contributed by atoms with Crippen LogP contribution in [-0.4, -0.2) is 44.9 Å². The van der Waals surface area contributed by atoms with Gasteiger partial charge in [-0.05, 0) is 50.8 Å². The Labute approximate surface area is 150 Å². The first-order valence-corrected chi connectivity index (χ1v) is 10.2. The van der Waals surface area contributed by atoms with Crippen molar-refractivity contribution in [3.63, 3.8) is 0 Å². The van der Waals surface area contributed by atoms with E-state index in [9.17, 15) is 13.2 Å². The van der Waals surface area contributed by atoms with E-state index in [2.05, 4.69) is 5.32 Å². The second-order valence-electron chi connectivity index (χ2n) is 6.67. The number of carbonyl (C=O) groups is 1. The molecule has 1 fully saturated rings. The topological polar surface area (TPSA) is 75.7 Å². The number of sulfonamides is 1. The fourth-order valence-corrected chi connectivity index (χ4v) is 4.73. The summed E-state index contributed by atoms with van der Waals surface area (Å²) in [5.74, 6) is -0.0458. The van der Waals surface area contributed by atoms with E-state index in [1.54, 1.807) is 12.1 Å². The number of carbonyl (C=O) groups excluding carboxylic acids is 1. The van der Waals surface area contributed by atoms with Crippen molar-refractivity contribution in [1.29, 1.82) is 0 Å². The molecule has 6 nitrogen and oxygen atoms in total. The van der Waals surface area contributed by atoms with E-state index >= 15 is 0 Å². The van der Waals surface area contributed by atoms with Crippen LogP contribution in [0, 0.1) is 12.8 Å². The first kappa shape index (κ1) is 19.7. The highest BCUT2D eigenvalue weighted by molar-refractivity contribution is 7.89. The third-order valence-electron chi connectivity index (χ3n) is 4.69. The highest BCUT2D eigenvalue weighted by Crippen LogP contribution is 2.30. The van der Waals surface area contributed by atoms with Crippen molar-refractivity contribution < 1.29 is 17.9 Å². The molecule has 1 aromatic rings. The Balaban J connectivity index is 2.22. The second kappa shape index (κ2) is 8.19. The predicted octanol–water partition coefficient (Wildman–Crippen LogP) is 2.32. The maximum Gasteiger partial charge on any atom is 0.246 e. The van der Waals surface area contributed by atoms with Crippen LogP contribution in [0.5, 0.6) is 5.75 Å². The van der Waals surface area contributed by atoms with Crippen LogP contribution in [0.4, 0.5) is 0 Å². The van der Waals surface area contributed by atoms with Crippen molar-refractivity contribution in [2.75, 3.05) is 20.2 Å². The normalized spacial score (nSPS) is 20.1. The van der Waals surface area contributed by atoms with Crippen molar-refractivity contribution in [2.45, 2.75) is 51.0 Å². The van der Waals surface area contributed by atoms with Gasteiger partial charge < -0.3 is 10.1 Å². The van der Waals surface area contributed by atoms with Crippen LogP contribution in [0.2, 0.25) is 0 Å². The van der Waals surface area contributed by atoms with Gasteiger partial charge in [0.15, 0.2) is 0 Å². The zero-order valence-corrected chi connectivity index (χ0v) is 16.2. The van der Waals surface area contributed by atoms with Gasteiger partial charge in [0.1, 0.15) is 10.6 Å². The number of nitrogens with zero attached hydrogens (tertiary/aromatic N) is 1. The summed E-state index contributed by atoms with van der Waals surface area (Å²) in [7, 11) is -2.24. The number of amides is 1. The largest absolute Gasteiger partial charge is 0.495 e. The number of hydrogen-bond acceptors (Lipinski definition) is 4. The summed E-state index contributed by atoms with van der Waals surface area (Å²) in [4.78, 5) is 12.6. The summed E-state index contributed by atoms with van der Waals surface area (Å²) in [6.07, 6.45) is 2.23. The number of ether oxygens (including phenoxy) is 1. The van der Waals surface area contributed by atoms with Crippen LogP contribution in [-0.2, 0) is 14.8 Å². The summed E-state index contributed by atoms with van der Waals surface area (Å²) in [6, 6.07) is 5.20. The lowest BCUT2D eigenvalue weighted by atomic mass is 9.98. The van der Waals surface area contributed by atoms with E-state index in [0.29, 0.717) is 25.1 Å². The van der Waals surface area contributed by atoms with Crippen LogP contribution in [0.3, 0.4) is 0 Å². The number of hydrogen-bond donors (Lipinski definition) is 1. The number of rotatable bonds is 6. The van der Waals surface area contributed by atoms with E-state index in [4.69, 9.17) is 4.74 Å². The van der Waals surface area contributed by atoms with Gasteiger partial charge in [-0.1, -0.05) is 13.0 Å². The third-order valence-corrected chi connectivity index (χ3v) is 6.58. The molecule has 2 atom stereocenters. The van der Waals surface area contributed by atoms with Gasteiger partial charge in [0.25, 0.3) is 0 Å². The van der Waals surface area contributed by atoms with Gasteiger partial charge in [-0.25, -0.2) is 8.42 Å². The van der Waals surface area contributed by atoms with Crippen LogP contribution in [0.1, 0.15) is 38.7 Å². The quantitative estimate of drug-likeness (QED) is 0.836. The van der Waals surface area contributed by atoms with Gasteiger partial charge in [0.2, 0.25) is 15.9 Å². The first-order chi connectivity index (χ1) is 11.8. The molecule has 1 amide bonds. The van der Waals surface area contributed by atoms with Gasteiger partial charge in [0, 0.05) is 19.1 Å². The fourth-order valence-electron chi connectivity index (χ4n) is 2.96. The minimum absolute atomic E-state index is 0.0644. The van der Waals surface area contributed by atoms with Gasteiger partial charge in [0.05, 0.1) is 13.0 Å². The van der Waals surface area contributed by atoms with Crippen LogP contribution < -0.4 is 10.1 Å². The molecule has 0 saturated carbocycles. The predicted molar refractivity (Wildman–Crippen MR) is 97.1 cm³/mol. The summed E-state index contributed by atoms with van der Waals surface area (Å²) in [6.45, 7) is 6.44. The summed E-state index contributed by atoms with van der Waals surface area (Å²) in [5.41, 5.74) is 0.849. The number of aryl methyl sites for hydroxylation is 1.